The smallest absolute Gasteiger partial charge is 0.329 e. The number of carbonyl (C=O) groups is 1. The number of aliphatic carboxylic acids is 1. The molecule has 136 valence electrons. The zero-order chi connectivity index (χ0) is 18.8. The molecule has 3 rings (SSSR count). The molecule has 0 saturated heterocycles. The number of hydrogen-bond acceptors (Lipinski definition) is 2. The van der Waals surface area contributed by atoms with Crippen LogP contribution >= 0.6 is 7.52 Å². The summed E-state index contributed by atoms with van der Waals surface area (Å²) in [4.78, 5) is 25.8. The quantitative estimate of drug-likeness (QED) is 0.472. The van der Waals surface area contributed by atoms with Crippen molar-refractivity contribution in [2.45, 2.75) is 25.0 Å². The molecule has 7 heteroatoms. The summed E-state index contributed by atoms with van der Waals surface area (Å²) < 4.78 is 12.9. The lowest BCUT2D eigenvalue weighted by atomic mass is 9.88. The van der Waals surface area contributed by atoms with Gasteiger partial charge in [0.25, 0.3) is 7.52 Å². The normalized spacial score (nSPS) is 16.1. The molecule has 0 spiro atoms. The van der Waals surface area contributed by atoms with Gasteiger partial charge in [-0.2, -0.15) is 0 Å². The first kappa shape index (κ1) is 18.4. The second-order valence-electron chi connectivity index (χ2n) is 6.27. The fraction of sp³-hybridized carbons (Fsp3) is 0.211. The van der Waals surface area contributed by atoms with Crippen molar-refractivity contribution in [1.29, 1.82) is 0 Å². The van der Waals surface area contributed by atoms with E-state index in [1.54, 1.807) is 43.5 Å². The molecule has 1 heterocycles. The van der Waals surface area contributed by atoms with Crippen LogP contribution in [0.4, 0.5) is 0 Å². The Morgan fingerprint density at radius 2 is 1.81 bits per heavy atom. The van der Waals surface area contributed by atoms with Crippen LogP contribution in [0.2, 0.25) is 0 Å². The van der Waals surface area contributed by atoms with Gasteiger partial charge in [-0.05, 0) is 18.1 Å². The Balaban J connectivity index is 2.03. The average molecular weight is 372 g/mol. The first-order chi connectivity index (χ1) is 12.4. The van der Waals surface area contributed by atoms with Crippen LogP contribution in [0, 0.1) is 0 Å². The SMILES string of the molecule is CCC(NP(=O)(O)Cc1ccccc1)(C(=O)O)c1c[nH]c2ccccc12. The molecule has 0 aliphatic rings. The topological polar surface area (TPSA) is 102 Å². The molecule has 2 aromatic carbocycles. The van der Waals surface area contributed by atoms with Crippen molar-refractivity contribution < 1.29 is 19.4 Å². The number of carboxylic acids is 1. The van der Waals surface area contributed by atoms with E-state index < -0.39 is 19.0 Å². The van der Waals surface area contributed by atoms with Crippen molar-refractivity contribution in [3.8, 4) is 0 Å². The third kappa shape index (κ3) is 3.44. The van der Waals surface area contributed by atoms with Gasteiger partial charge in [0.15, 0.2) is 5.54 Å². The molecule has 0 aliphatic carbocycles. The first-order valence-corrected chi connectivity index (χ1v) is 10.2. The van der Waals surface area contributed by atoms with E-state index in [9.17, 15) is 19.4 Å². The zero-order valence-corrected chi connectivity index (χ0v) is 15.2. The van der Waals surface area contributed by atoms with Crippen LogP contribution in [0.25, 0.3) is 10.9 Å². The summed E-state index contributed by atoms with van der Waals surface area (Å²) in [5.41, 5.74) is 0.225. The summed E-state index contributed by atoms with van der Waals surface area (Å²) in [7, 11) is -3.97. The molecule has 0 fully saturated rings. The third-order valence-electron chi connectivity index (χ3n) is 4.55. The number of para-hydroxylation sites is 1. The highest BCUT2D eigenvalue weighted by Gasteiger charge is 2.45. The predicted molar refractivity (Wildman–Crippen MR) is 101 cm³/mol. The van der Waals surface area contributed by atoms with E-state index in [0.717, 1.165) is 5.52 Å². The van der Waals surface area contributed by atoms with Crippen LogP contribution < -0.4 is 5.09 Å². The van der Waals surface area contributed by atoms with E-state index >= 15 is 0 Å². The number of fused-ring (bicyclic) bond motifs is 1. The van der Waals surface area contributed by atoms with Gasteiger partial charge >= 0.3 is 5.97 Å². The molecule has 0 aliphatic heterocycles. The predicted octanol–water partition coefficient (Wildman–Crippen LogP) is 3.83. The van der Waals surface area contributed by atoms with Gasteiger partial charge in [-0.25, -0.2) is 9.88 Å². The maximum Gasteiger partial charge on any atom is 0.329 e. The fourth-order valence-corrected chi connectivity index (χ4v) is 4.99. The number of aromatic nitrogens is 1. The molecule has 4 N–H and O–H groups in total. The van der Waals surface area contributed by atoms with E-state index in [2.05, 4.69) is 10.1 Å². The Morgan fingerprint density at radius 1 is 1.15 bits per heavy atom. The van der Waals surface area contributed by atoms with E-state index in [1.165, 1.54) is 0 Å². The number of nitrogens with one attached hydrogen (secondary N) is 2. The van der Waals surface area contributed by atoms with Gasteiger partial charge in [0.05, 0.1) is 6.16 Å². The Kier molecular flexibility index (Phi) is 5.01. The molecule has 2 unspecified atom stereocenters. The van der Waals surface area contributed by atoms with Crippen LogP contribution in [0.5, 0.6) is 0 Å². The van der Waals surface area contributed by atoms with Crippen molar-refractivity contribution in [1.82, 2.24) is 10.1 Å². The van der Waals surface area contributed by atoms with Gasteiger partial charge in [-0.15, -0.1) is 0 Å². The number of benzene rings is 2. The molecule has 26 heavy (non-hydrogen) atoms. The monoisotopic (exact) mass is 372 g/mol. The van der Waals surface area contributed by atoms with Crippen LogP contribution in [0.3, 0.4) is 0 Å². The second-order valence-corrected chi connectivity index (χ2v) is 8.21. The van der Waals surface area contributed by atoms with Gasteiger partial charge in [0, 0.05) is 22.7 Å². The summed E-state index contributed by atoms with van der Waals surface area (Å²) in [6.45, 7) is 1.69. The van der Waals surface area contributed by atoms with Crippen molar-refractivity contribution in [3.05, 3.63) is 71.9 Å². The molecular weight excluding hydrogens is 351 g/mol. The minimum atomic E-state index is -3.97. The lowest BCUT2D eigenvalue weighted by molar-refractivity contribution is -0.144. The highest BCUT2D eigenvalue weighted by atomic mass is 31.2. The Hall–Kier alpha value is -2.40. The van der Waals surface area contributed by atoms with Crippen molar-refractivity contribution in [2.24, 2.45) is 0 Å². The number of aromatic amines is 1. The molecule has 3 aromatic rings. The van der Waals surface area contributed by atoms with Crippen LogP contribution in [0.15, 0.2) is 60.8 Å². The van der Waals surface area contributed by atoms with Crippen molar-refractivity contribution in [2.75, 3.05) is 0 Å². The summed E-state index contributed by atoms with van der Waals surface area (Å²) in [5, 5.41) is 13.3. The van der Waals surface area contributed by atoms with E-state index in [4.69, 9.17) is 0 Å². The highest BCUT2D eigenvalue weighted by Crippen LogP contribution is 2.46. The summed E-state index contributed by atoms with van der Waals surface area (Å²) >= 11 is 0. The van der Waals surface area contributed by atoms with Gasteiger partial charge in [-0.1, -0.05) is 55.5 Å². The minimum Gasteiger partial charge on any atom is -0.480 e. The fourth-order valence-electron chi connectivity index (χ4n) is 3.24. The minimum absolute atomic E-state index is 0.115. The zero-order valence-electron chi connectivity index (χ0n) is 14.3. The lowest BCUT2D eigenvalue weighted by Crippen LogP contribution is -2.47. The van der Waals surface area contributed by atoms with Crippen LogP contribution in [0.1, 0.15) is 24.5 Å². The Labute approximate surface area is 151 Å². The summed E-state index contributed by atoms with van der Waals surface area (Å²) in [5.74, 6) is -1.19. The second kappa shape index (κ2) is 7.08. The molecular formula is C19H21N2O4P. The summed E-state index contributed by atoms with van der Waals surface area (Å²) in [6.07, 6.45) is 1.56. The van der Waals surface area contributed by atoms with Crippen LogP contribution in [-0.2, 0) is 21.1 Å². The average Bonchev–Trinajstić information content (AvgIpc) is 3.04. The Bertz CT molecular complexity index is 970. The molecule has 2 atom stereocenters. The Morgan fingerprint density at radius 3 is 2.46 bits per heavy atom. The van der Waals surface area contributed by atoms with Gasteiger partial charge < -0.3 is 15.0 Å². The van der Waals surface area contributed by atoms with E-state index in [0.29, 0.717) is 16.5 Å². The third-order valence-corrected chi connectivity index (χ3v) is 6.07. The number of rotatable bonds is 7. The van der Waals surface area contributed by atoms with Gasteiger partial charge in [-0.3, -0.25) is 4.57 Å². The number of carboxylic acid groups (broad SMARTS) is 1. The van der Waals surface area contributed by atoms with E-state index in [-0.39, 0.29) is 12.6 Å². The molecule has 0 radical (unpaired) electrons. The lowest BCUT2D eigenvalue weighted by Gasteiger charge is -2.31. The van der Waals surface area contributed by atoms with E-state index in [1.807, 2.05) is 24.3 Å². The summed E-state index contributed by atoms with van der Waals surface area (Å²) in [6, 6.07) is 16.1. The molecule has 6 nitrogen and oxygen atoms in total. The largest absolute Gasteiger partial charge is 0.480 e. The van der Waals surface area contributed by atoms with Gasteiger partial charge in [0.2, 0.25) is 0 Å². The molecule has 0 amide bonds. The number of hydrogen-bond donors (Lipinski definition) is 4. The van der Waals surface area contributed by atoms with Crippen LogP contribution in [-0.4, -0.2) is 21.0 Å². The maximum atomic E-state index is 12.9. The first-order valence-electron chi connectivity index (χ1n) is 8.33. The van der Waals surface area contributed by atoms with Crippen molar-refractivity contribution >= 4 is 24.4 Å². The van der Waals surface area contributed by atoms with Gasteiger partial charge in [0.1, 0.15) is 0 Å². The number of H-pyrrole nitrogens is 1. The maximum absolute atomic E-state index is 12.9. The van der Waals surface area contributed by atoms with Crippen molar-refractivity contribution in [3.63, 3.8) is 0 Å². The standard InChI is InChI=1S/C19H21N2O4P/c1-2-19(18(22)23,16-12-20-17-11-7-6-10-15(16)17)21-26(24,25)13-14-8-4-3-5-9-14/h3-12,20H,2,13H2,1H3,(H,22,23)(H2,21,24,25). The molecule has 0 bridgehead atoms. The highest BCUT2D eigenvalue weighted by molar-refractivity contribution is 7.55. The molecule has 0 saturated carbocycles. The molecule has 1 aromatic heterocycles.